The molecule has 0 heterocycles. The van der Waals surface area contributed by atoms with Crippen LogP contribution in [0.2, 0.25) is 0 Å². The summed E-state index contributed by atoms with van der Waals surface area (Å²) in [6, 6.07) is 6.79. The molecule has 0 atom stereocenters. The maximum atomic E-state index is 10.8. The molecule has 0 spiro atoms. The zero-order chi connectivity index (χ0) is 11.8. The molecular formula is C13H18O3. The standard InChI is InChI=1S/C10H12O3.C3H6/c1-13-10(12)7-4-8-2-5-9(11)6-3-8;1-2-3-1/h2-3,5-6,11H,4,7H2,1H3;1-3H2. The quantitative estimate of drug-likeness (QED) is 0.800. The Hall–Kier alpha value is -1.51. The van der Waals surface area contributed by atoms with E-state index in [0.29, 0.717) is 12.8 Å². The molecular weight excluding hydrogens is 204 g/mol. The van der Waals surface area contributed by atoms with Gasteiger partial charge in [0.1, 0.15) is 5.75 Å². The summed E-state index contributed by atoms with van der Waals surface area (Å²) in [6.07, 6.45) is 5.52. The fraction of sp³-hybridized carbons (Fsp3) is 0.462. The zero-order valence-electron chi connectivity index (χ0n) is 9.61. The number of rotatable bonds is 3. The summed E-state index contributed by atoms with van der Waals surface area (Å²) < 4.78 is 4.51. The molecule has 0 amide bonds. The Bertz CT molecular complexity index is 312. The minimum Gasteiger partial charge on any atom is -0.508 e. The first-order chi connectivity index (χ1) is 7.72. The first-order valence-corrected chi connectivity index (χ1v) is 5.57. The molecule has 0 radical (unpaired) electrons. The number of benzene rings is 1. The molecule has 1 saturated carbocycles. The van der Waals surface area contributed by atoms with Gasteiger partial charge in [-0.3, -0.25) is 4.79 Å². The zero-order valence-corrected chi connectivity index (χ0v) is 9.61. The van der Waals surface area contributed by atoms with E-state index in [4.69, 9.17) is 5.11 Å². The molecule has 3 heteroatoms. The van der Waals surface area contributed by atoms with Crippen molar-refractivity contribution in [3.8, 4) is 5.75 Å². The number of carbonyl (C=O) groups excluding carboxylic acids is 1. The van der Waals surface area contributed by atoms with Crippen LogP contribution in [0.4, 0.5) is 0 Å². The third kappa shape index (κ3) is 6.06. The molecule has 0 aromatic heterocycles. The summed E-state index contributed by atoms with van der Waals surface area (Å²) in [6.45, 7) is 0. The molecule has 3 nitrogen and oxygen atoms in total. The van der Waals surface area contributed by atoms with Crippen LogP contribution in [0.15, 0.2) is 24.3 Å². The molecule has 1 aromatic rings. The van der Waals surface area contributed by atoms with Gasteiger partial charge in [0.15, 0.2) is 0 Å². The first kappa shape index (κ1) is 12.6. The number of aryl methyl sites for hydroxylation is 1. The van der Waals surface area contributed by atoms with Crippen molar-refractivity contribution in [2.24, 2.45) is 0 Å². The number of hydrogen-bond donors (Lipinski definition) is 1. The van der Waals surface area contributed by atoms with Gasteiger partial charge < -0.3 is 9.84 Å². The van der Waals surface area contributed by atoms with Crippen LogP contribution < -0.4 is 0 Å². The lowest BCUT2D eigenvalue weighted by atomic mass is 10.1. The van der Waals surface area contributed by atoms with Crippen molar-refractivity contribution >= 4 is 5.97 Å². The molecule has 1 N–H and O–H groups in total. The van der Waals surface area contributed by atoms with Crippen LogP contribution in [0, 0.1) is 0 Å². The molecule has 1 aromatic carbocycles. The van der Waals surface area contributed by atoms with Crippen molar-refractivity contribution in [3.63, 3.8) is 0 Å². The van der Waals surface area contributed by atoms with Gasteiger partial charge >= 0.3 is 5.97 Å². The number of aromatic hydroxyl groups is 1. The lowest BCUT2D eigenvalue weighted by Crippen LogP contribution is -2.01. The van der Waals surface area contributed by atoms with E-state index in [0.717, 1.165) is 5.56 Å². The second-order valence-corrected chi connectivity index (χ2v) is 3.80. The van der Waals surface area contributed by atoms with E-state index in [-0.39, 0.29) is 11.7 Å². The van der Waals surface area contributed by atoms with Gasteiger partial charge in [0.2, 0.25) is 0 Å². The molecule has 1 aliphatic carbocycles. The first-order valence-electron chi connectivity index (χ1n) is 5.57. The van der Waals surface area contributed by atoms with Crippen LogP contribution in [-0.4, -0.2) is 18.2 Å². The van der Waals surface area contributed by atoms with E-state index in [1.807, 2.05) is 0 Å². The minimum atomic E-state index is -0.215. The highest BCUT2D eigenvalue weighted by Crippen LogP contribution is 2.14. The second-order valence-electron chi connectivity index (χ2n) is 3.80. The Morgan fingerprint density at radius 3 is 2.25 bits per heavy atom. The minimum absolute atomic E-state index is 0.215. The van der Waals surface area contributed by atoms with Crippen molar-refractivity contribution in [1.29, 1.82) is 0 Å². The van der Waals surface area contributed by atoms with Gasteiger partial charge in [-0.25, -0.2) is 0 Å². The van der Waals surface area contributed by atoms with E-state index < -0.39 is 0 Å². The van der Waals surface area contributed by atoms with E-state index in [9.17, 15) is 4.79 Å². The summed E-state index contributed by atoms with van der Waals surface area (Å²) in [7, 11) is 1.37. The molecule has 88 valence electrons. The van der Waals surface area contributed by atoms with Gasteiger partial charge in [0, 0.05) is 6.42 Å². The van der Waals surface area contributed by atoms with Gasteiger partial charge in [0.25, 0.3) is 0 Å². The van der Waals surface area contributed by atoms with Gasteiger partial charge in [-0.2, -0.15) is 0 Å². The van der Waals surface area contributed by atoms with Crippen molar-refractivity contribution in [1.82, 2.24) is 0 Å². The van der Waals surface area contributed by atoms with Gasteiger partial charge in [-0.05, 0) is 24.1 Å². The number of methoxy groups -OCH3 is 1. The van der Waals surface area contributed by atoms with Gasteiger partial charge in [-0.1, -0.05) is 31.4 Å². The van der Waals surface area contributed by atoms with Crippen LogP contribution in [0.25, 0.3) is 0 Å². The number of phenolic OH excluding ortho intramolecular Hbond substituents is 1. The fourth-order valence-corrected chi connectivity index (χ4v) is 1.01. The Morgan fingerprint density at radius 2 is 1.81 bits per heavy atom. The fourth-order valence-electron chi connectivity index (χ4n) is 1.01. The Balaban J connectivity index is 0.000000365. The highest BCUT2D eigenvalue weighted by molar-refractivity contribution is 5.69. The average Bonchev–Trinajstić information content (AvgIpc) is 3.15. The monoisotopic (exact) mass is 222 g/mol. The average molecular weight is 222 g/mol. The van der Waals surface area contributed by atoms with Gasteiger partial charge in [0.05, 0.1) is 7.11 Å². The smallest absolute Gasteiger partial charge is 0.305 e. The maximum absolute atomic E-state index is 10.8. The van der Waals surface area contributed by atoms with Crippen LogP contribution in [0.3, 0.4) is 0 Å². The van der Waals surface area contributed by atoms with Gasteiger partial charge in [-0.15, -0.1) is 0 Å². The number of esters is 1. The molecule has 2 rings (SSSR count). The Labute approximate surface area is 96.1 Å². The Kier molecular flexibility index (Phi) is 5.40. The molecule has 0 saturated heterocycles. The molecule has 0 bridgehead atoms. The topological polar surface area (TPSA) is 46.5 Å². The van der Waals surface area contributed by atoms with Crippen molar-refractivity contribution in [2.75, 3.05) is 7.11 Å². The summed E-state index contributed by atoms with van der Waals surface area (Å²) in [5.74, 6) is 0.0230. The molecule has 0 unspecified atom stereocenters. The highest BCUT2D eigenvalue weighted by Gasteiger charge is 2.00. The van der Waals surface area contributed by atoms with E-state index in [1.165, 1.54) is 26.4 Å². The third-order valence-corrected chi connectivity index (χ3v) is 2.14. The summed E-state index contributed by atoms with van der Waals surface area (Å²) in [5, 5.41) is 8.99. The number of phenols is 1. The molecule has 0 aliphatic heterocycles. The van der Waals surface area contributed by atoms with E-state index >= 15 is 0 Å². The highest BCUT2D eigenvalue weighted by atomic mass is 16.5. The normalized spacial score (nSPS) is 12.3. The predicted octanol–water partition coefficient (Wildman–Crippen LogP) is 2.67. The largest absolute Gasteiger partial charge is 0.508 e. The van der Waals surface area contributed by atoms with Crippen molar-refractivity contribution < 1.29 is 14.6 Å². The maximum Gasteiger partial charge on any atom is 0.305 e. The summed E-state index contributed by atoms with van der Waals surface area (Å²) >= 11 is 0. The number of ether oxygens (including phenoxy) is 1. The molecule has 16 heavy (non-hydrogen) atoms. The van der Waals surface area contributed by atoms with Crippen LogP contribution >= 0.6 is 0 Å². The number of carbonyl (C=O) groups is 1. The van der Waals surface area contributed by atoms with E-state index in [2.05, 4.69) is 4.74 Å². The van der Waals surface area contributed by atoms with E-state index in [1.54, 1.807) is 24.3 Å². The summed E-state index contributed by atoms with van der Waals surface area (Å²) in [5.41, 5.74) is 1.02. The Morgan fingerprint density at radius 1 is 1.25 bits per heavy atom. The second kappa shape index (κ2) is 6.88. The van der Waals surface area contributed by atoms with Crippen LogP contribution in [0.1, 0.15) is 31.2 Å². The van der Waals surface area contributed by atoms with Crippen LogP contribution in [0.5, 0.6) is 5.75 Å². The van der Waals surface area contributed by atoms with Crippen molar-refractivity contribution in [2.45, 2.75) is 32.1 Å². The SMILES string of the molecule is C1CC1.COC(=O)CCc1ccc(O)cc1. The lowest BCUT2D eigenvalue weighted by Gasteiger charge is -2.00. The van der Waals surface area contributed by atoms with Crippen molar-refractivity contribution in [3.05, 3.63) is 29.8 Å². The summed E-state index contributed by atoms with van der Waals surface area (Å²) in [4.78, 5) is 10.8. The molecule has 1 fully saturated rings. The lowest BCUT2D eigenvalue weighted by molar-refractivity contribution is -0.140. The number of hydrogen-bond acceptors (Lipinski definition) is 3. The van der Waals surface area contributed by atoms with Crippen LogP contribution in [-0.2, 0) is 16.0 Å². The third-order valence-electron chi connectivity index (χ3n) is 2.14. The molecule has 1 aliphatic rings. The predicted molar refractivity (Wildman–Crippen MR) is 62.3 cm³/mol.